The standard InChI is InChI=1S/C19H33NOSi/c1-5-10-19(17-11-7-6-8-12-17)22(3,4)16-20-14-9-13-18(20)15-21-2/h6-8,11-12,18-19H,5,9-10,13-16H2,1-4H3/t18-,19+/m0/s1. The van der Waals surface area contributed by atoms with Crippen LogP contribution in [0.15, 0.2) is 30.3 Å². The zero-order chi connectivity index (χ0) is 16.0. The minimum absolute atomic E-state index is 0.648. The number of hydrogen-bond donors (Lipinski definition) is 0. The molecular formula is C19H33NOSi. The van der Waals surface area contributed by atoms with Crippen molar-refractivity contribution in [3.05, 3.63) is 35.9 Å². The van der Waals surface area contributed by atoms with Gasteiger partial charge in [0.1, 0.15) is 0 Å². The van der Waals surface area contributed by atoms with Crippen LogP contribution in [0, 0.1) is 0 Å². The van der Waals surface area contributed by atoms with Crippen molar-refractivity contribution < 1.29 is 4.74 Å². The number of nitrogens with zero attached hydrogens (tertiary/aromatic N) is 1. The van der Waals surface area contributed by atoms with E-state index >= 15 is 0 Å². The Hall–Kier alpha value is -0.643. The molecule has 0 saturated carbocycles. The van der Waals surface area contributed by atoms with E-state index in [1.807, 2.05) is 7.11 Å². The van der Waals surface area contributed by atoms with Gasteiger partial charge in [0.2, 0.25) is 0 Å². The molecule has 0 spiro atoms. The summed E-state index contributed by atoms with van der Waals surface area (Å²) in [6.07, 6.45) is 6.55. The molecule has 1 saturated heterocycles. The van der Waals surface area contributed by atoms with Gasteiger partial charge in [-0.1, -0.05) is 56.8 Å². The summed E-state index contributed by atoms with van der Waals surface area (Å²) in [7, 11) is 0.476. The summed E-state index contributed by atoms with van der Waals surface area (Å²) in [4.78, 5) is 2.72. The van der Waals surface area contributed by atoms with Gasteiger partial charge in [-0.15, -0.1) is 0 Å². The summed E-state index contributed by atoms with van der Waals surface area (Å²) < 4.78 is 5.44. The van der Waals surface area contributed by atoms with Crippen molar-refractivity contribution in [2.24, 2.45) is 0 Å². The molecule has 2 nitrogen and oxygen atoms in total. The summed E-state index contributed by atoms with van der Waals surface area (Å²) in [6, 6.07) is 11.9. The number of ether oxygens (including phenoxy) is 1. The molecule has 0 unspecified atom stereocenters. The summed E-state index contributed by atoms with van der Waals surface area (Å²) in [5, 5.41) is 0. The van der Waals surface area contributed by atoms with E-state index in [-0.39, 0.29) is 0 Å². The smallest absolute Gasteiger partial charge is 0.0703 e. The highest BCUT2D eigenvalue weighted by atomic mass is 28.3. The van der Waals surface area contributed by atoms with Crippen molar-refractivity contribution in [1.82, 2.24) is 4.90 Å². The van der Waals surface area contributed by atoms with Crippen LogP contribution in [0.3, 0.4) is 0 Å². The molecule has 1 fully saturated rings. The Bertz CT molecular complexity index is 434. The van der Waals surface area contributed by atoms with Crippen LogP contribution in [-0.2, 0) is 4.74 Å². The monoisotopic (exact) mass is 319 g/mol. The molecule has 1 aliphatic rings. The Morgan fingerprint density at radius 2 is 2.00 bits per heavy atom. The largest absolute Gasteiger partial charge is 0.383 e. The lowest BCUT2D eigenvalue weighted by Gasteiger charge is -2.38. The summed E-state index contributed by atoms with van der Waals surface area (Å²) in [5.74, 6) is 0. The fourth-order valence-corrected chi connectivity index (χ4v) is 7.95. The molecule has 0 radical (unpaired) electrons. The van der Waals surface area contributed by atoms with E-state index < -0.39 is 8.07 Å². The summed E-state index contributed by atoms with van der Waals surface area (Å²) in [6.45, 7) is 9.65. The molecule has 0 aliphatic carbocycles. The summed E-state index contributed by atoms with van der Waals surface area (Å²) in [5.41, 5.74) is 2.33. The molecule has 1 aromatic carbocycles. The second-order valence-electron chi connectivity index (χ2n) is 7.46. The van der Waals surface area contributed by atoms with E-state index in [9.17, 15) is 0 Å². The van der Waals surface area contributed by atoms with E-state index in [0.717, 1.165) is 12.1 Å². The molecule has 0 amide bonds. The number of rotatable bonds is 8. The van der Waals surface area contributed by atoms with Crippen LogP contribution in [0.2, 0.25) is 13.1 Å². The lowest BCUT2D eigenvalue weighted by atomic mass is 10.1. The SMILES string of the molecule is CCC[C@H](c1ccccc1)[Si](C)(C)CN1CCC[C@H]1COC. The minimum Gasteiger partial charge on any atom is -0.383 e. The fraction of sp³-hybridized carbons (Fsp3) is 0.684. The average Bonchev–Trinajstić information content (AvgIpc) is 2.92. The van der Waals surface area contributed by atoms with E-state index in [0.29, 0.717) is 6.04 Å². The van der Waals surface area contributed by atoms with E-state index in [1.165, 1.54) is 38.4 Å². The first kappa shape index (κ1) is 17.7. The maximum Gasteiger partial charge on any atom is 0.0703 e. The summed E-state index contributed by atoms with van der Waals surface area (Å²) >= 11 is 0. The Kier molecular flexibility index (Phi) is 6.66. The van der Waals surface area contributed by atoms with E-state index in [1.54, 1.807) is 5.56 Å². The molecule has 124 valence electrons. The normalized spacial score (nSPS) is 21.2. The van der Waals surface area contributed by atoms with Gasteiger partial charge in [0.25, 0.3) is 0 Å². The average molecular weight is 320 g/mol. The van der Waals surface area contributed by atoms with Crippen LogP contribution < -0.4 is 0 Å². The van der Waals surface area contributed by atoms with Crippen LogP contribution in [0.1, 0.15) is 43.7 Å². The topological polar surface area (TPSA) is 12.5 Å². The second-order valence-corrected chi connectivity index (χ2v) is 12.5. The first-order chi connectivity index (χ1) is 10.6. The van der Waals surface area contributed by atoms with Crippen LogP contribution in [0.5, 0.6) is 0 Å². The Labute approximate surface area is 137 Å². The molecule has 3 heteroatoms. The van der Waals surface area contributed by atoms with Gasteiger partial charge in [0.15, 0.2) is 0 Å². The Morgan fingerprint density at radius 1 is 1.27 bits per heavy atom. The third-order valence-electron chi connectivity index (χ3n) is 5.19. The predicted molar refractivity (Wildman–Crippen MR) is 98.0 cm³/mol. The molecule has 2 rings (SSSR count). The van der Waals surface area contributed by atoms with Crippen molar-refractivity contribution in [3.8, 4) is 0 Å². The second kappa shape index (κ2) is 8.28. The number of benzene rings is 1. The number of likely N-dealkylation sites (tertiary alicyclic amines) is 1. The van der Waals surface area contributed by atoms with Gasteiger partial charge in [0.05, 0.1) is 14.7 Å². The van der Waals surface area contributed by atoms with Gasteiger partial charge >= 0.3 is 0 Å². The van der Waals surface area contributed by atoms with Crippen molar-refractivity contribution >= 4 is 8.07 Å². The lowest BCUT2D eigenvalue weighted by Crippen LogP contribution is -2.49. The van der Waals surface area contributed by atoms with Crippen molar-refractivity contribution in [2.45, 2.75) is 57.3 Å². The van der Waals surface area contributed by atoms with E-state index in [4.69, 9.17) is 4.74 Å². The number of methoxy groups -OCH3 is 1. The van der Waals surface area contributed by atoms with Gasteiger partial charge in [-0.05, 0) is 43.1 Å². The van der Waals surface area contributed by atoms with Gasteiger partial charge in [-0.3, -0.25) is 0 Å². The third-order valence-corrected chi connectivity index (χ3v) is 8.92. The molecule has 0 bridgehead atoms. The molecule has 1 aliphatic heterocycles. The predicted octanol–water partition coefficient (Wildman–Crippen LogP) is 4.47. The fourth-order valence-electron chi connectivity index (χ4n) is 4.10. The van der Waals surface area contributed by atoms with Gasteiger partial charge in [-0.25, -0.2) is 0 Å². The maximum absolute atomic E-state index is 5.44. The van der Waals surface area contributed by atoms with Crippen LogP contribution in [0.25, 0.3) is 0 Å². The molecule has 0 aromatic heterocycles. The van der Waals surface area contributed by atoms with Crippen molar-refractivity contribution in [1.29, 1.82) is 0 Å². The maximum atomic E-state index is 5.44. The molecule has 22 heavy (non-hydrogen) atoms. The Morgan fingerprint density at radius 3 is 2.64 bits per heavy atom. The quantitative estimate of drug-likeness (QED) is 0.656. The van der Waals surface area contributed by atoms with Gasteiger partial charge in [-0.2, -0.15) is 0 Å². The lowest BCUT2D eigenvalue weighted by molar-refractivity contribution is 0.124. The highest BCUT2D eigenvalue weighted by molar-refractivity contribution is 6.79. The zero-order valence-electron chi connectivity index (χ0n) is 14.8. The van der Waals surface area contributed by atoms with Crippen molar-refractivity contribution in [2.75, 3.05) is 26.4 Å². The third kappa shape index (κ3) is 4.43. The number of hydrogen-bond acceptors (Lipinski definition) is 2. The highest BCUT2D eigenvalue weighted by Gasteiger charge is 2.37. The molecule has 0 N–H and O–H groups in total. The zero-order valence-corrected chi connectivity index (χ0v) is 15.8. The van der Waals surface area contributed by atoms with E-state index in [2.05, 4.69) is 55.2 Å². The molecule has 1 heterocycles. The molecule has 1 aromatic rings. The first-order valence-corrected chi connectivity index (χ1v) is 12.1. The first-order valence-electron chi connectivity index (χ1n) is 8.86. The van der Waals surface area contributed by atoms with Crippen LogP contribution in [0.4, 0.5) is 0 Å². The van der Waals surface area contributed by atoms with Gasteiger partial charge in [0, 0.05) is 13.2 Å². The highest BCUT2D eigenvalue weighted by Crippen LogP contribution is 2.33. The van der Waals surface area contributed by atoms with Crippen molar-refractivity contribution in [3.63, 3.8) is 0 Å². The Balaban J connectivity index is 2.11. The minimum atomic E-state index is -1.36. The van der Waals surface area contributed by atoms with Crippen LogP contribution in [-0.4, -0.2) is 45.4 Å². The molecule has 2 atom stereocenters. The van der Waals surface area contributed by atoms with Crippen LogP contribution >= 0.6 is 0 Å². The molecular weight excluding hydrogens is 286 g/mol. The van der Waals surface area contributed by atoms with Gasteiger partial charge < -0.3 is 9.64 Å².